The van der Waals surface area contributed by atoms with E-state index in [-0.39, 0.29) is 11.6 Å². The molecule has 0 spiro atoms. The van der Waals surface area contributed by atoms with Gasteiger partial charge in [0, 0.05) is 17.6 Å². The minimum atomic E-state index is -0.340. The van der Waals surface area contributed by atoms with Crippen molar-refractivity contribution in [3.8, 4) is 6.07 Å². The van der Waals surface area contributed by atoms with Crippen molar-refractivity contribution in [2.24, 2.45) is 0 Å². The summed E-state index contributed by atoms with van der Waals surface area (Å²) in [6.07, 6.45) is 1.55. The van der Waals surface area contributed by atoms with Crippen LogP contribution in [0.5, 0.6) is 0 Å². The number of anilines is 3. The van der Waals surface area contributed by atoms with E-state index in [2.05, 4.69) is 15.6 Å². The molecule has 1 amide bonds. The quantitative estimate of drug-likeness (QED) is 0.722. The van der Waals surface area contributed by atoms with Crippen molar-refractivity contribution in [3.05, 3.63) is 83.1 Å². The van der Waals surface area contributed by atoms with Crippen LogP contribution in [-0.4, -0.2) is 10.9 Å². The Morgan fingerprint density at radius 3 is 2.52 bits per heavy atom. The minimum absolute atomic E-state index is 0.265. The smallest absolute Gasteiger partial charge is 0.274 e. The molecule has 3 rings (SSSR count). The topological polar surface area (TPSA) is 77.8 Å². The van der Waals surface area contributed by atoms with Crippen molar-refractivity contribution >= 4 is 34.6 Å². The normalized spacial score (nSPS) is 9.92. The summed E-state index contributed by atoms with van der Waals surface area (Å²) in [7, 11) is 0. The Labute approximate surface area is 149 Å². The van der Waals surface area contributed by atoms with Crippen LogP contribution in [0.15, 0.2) is 66.9 Å². The van der Waals surface area contributed by atoms with Crippen molar-refractivity contribution in [2.75, 3.05) is 10.6 Å². The molecule has 0 aliphatic carbocycles. The highest BCUT2D eigenvalue weighted by atomic mass is 35.5. The van der Waals surface area contributed by atoms with Crippen LogP contribution < -0.4 is 10.6 Å². The van der Waals surface area contributed by atoms with Crippen LogP contribution in [0.1, 0.15) is 16.1 Å². The van der Waals surface area contributed by atoms with Crippen molar-refractivity contribution in [3.63, 3.8) is 0 Å². The van der Waals surface area contributed by atoms with E-state index in [1.165, 1.54) is 0 Å². The molecule has 1 aromatic heterocycles. The predicted molar refractivity (Wildman–Crippen MR) is 98.1 cm³/mol. The number of halogens is 1. The minimum Gasteiger partial charge on any atom is -0.354 e. The SMILES string of the molecule is N#Cc1ccc(NC(=O)c2cc(Nc3ccccc3Cl)ccn2)cc1. The van der Waals surface area contributed by atoms with E-state index < -0.39 is 0 Å². The van der Waals surface area contributed by atoms with E-state index >= 15 is 0 Å². The lowest BCUT2D eigenvalue weighted by molar-refractivity contribution is 0.102. The average Bonchev–Trinajstić information content (AvgIpc) is 2.64. The molecule has 0 bridgehead atoms. The highest BCUT2D eigenvalue weighted by Gasteiger charge is 2.09. The summed E-state index contributed by atoms with van der Waals surface area (Å²) in [4.78, 5) is 16.4. The van der Waals surface area contributed by atoms with Gasteiger partial charge < -0.3 is 10.6 Å². The fraction of sp³-hybridized carbons (Fsp3) is 0. The average molecular weight is 349 g/mol. The molecule has 6 heteroatoms. The number of para-hydroxylation sites is 1. The van der Waals surface area contributed by atoms with E-state index in [4.69, 9.17) is 16.9 Å². The molecule has 2 aromatic carbocycles. The summed E-state index contributed by atoms with van der Waals surface area (Å²) in [5.41, 5.74) is 2.83. The van der Waals surface area contributed by atoms with Crippen LogP contribution >= 0.6 is 11.6 Å². The third-order valence-corrected chi connectivity index (χ3v) is 3.75. The second-order valence-electron chi connectivity index (χ2n) is 5.18. The van der Waals surface area contributed by atoms with Crippen LogP contribution in [0.4, 0.5) is 17.1 Å². The van der Waals surface area contributed by atoms with Crippen LogP contribution in [0.2, 0.25) is 5.02 Å². The molecule has 5 nitrogen and oxygen atoms in total. The monoisotopic (exact) mass is 348 g/mol. The highest BCUT2D eigenvalue weighted by molar-refractivity contribution is 6.33. The lowest BCUT2D eigenvalue weighted by atomic mass is 10.2. The van der Waals surface area contributed by atoms with Crippen molar-refractivity contribution < 1.29 is 4.79 Å². The first-order valence-electron chi connectivity index (χ1n) is 7.45. The molecule has 0 fully saturated rings. The molecular formula is C19H13ClN4O. The van der Waals surface area contributed by atoms with Gasteiger partial charge in [0.15, 0.2) is 0 Å². The molecule has 3 aromatic rings. The first-order valence-corrected chi connectivity index (χ1v) is 7.82. The fourth-order valence-corrected chi connectivity index (χ4v) is 2.36. The van der Waals surface area contributed by atoms with E-state index in [1.54, 1.807) is 48.7 Å². The van der Waals surface area contributed by atoms with Crippen molar-refractivity contribution in [1.82, 2.24) is 4.98 Å². The molecule has 0 saturated heterocycles. The van der Waals surface area contributed by atoms with Gasteiger partial charge in [-0.25, -0.2) is 0 Å². The van der Waals surface area contributed by atoms with Gasteiger partial charge in [0.2, 0.25) is 0 Å². The number of nitrogens with one attached hydrogen (secondary N) is 2. The molecule has 0 radical (unpaired) electrons. The number of carbonyl (C=O) groups excluding carboxylic acids is 1. The zero-order valence-electron chi connectivity index (χ0n) is 13.0. The molecule has 2 N–H and O–H groups in total. The molecule has 0 atom stereocenters. The number of nitrogens with zero attached hydrogens (tertiary/aromatic N) is 2. The van der Waals surface area contributed by atoms with Crippen LogP contribution in [-0.2, 0) is 0 Å². The molecule has 0 unspecified atom stereocenters. The Morgan fingerprint density at radius 2 is 1.80 bits per heavy atom. The first kappa shape index (κ1) is 16.5. The fourth-order valence-electron chi connectivity index (χ4n) is 2.17. The van der Waals surface area contributed by atoms with E-state index in [9.17, 15) is 4.79 Å². The summed E-state index contributed by atoms with van der Waals surface area (Å²) < 4.78 is 0. The second kappa shape index (κ2) is 7.47. The van der Waals surface area contributed by atoms with Gasteiger partial charge in [-0.2, -0.15) is 5.26 Å². The Kier molecular flexibility index (Phi) is 4.93. The standard InChI is InChI=1S/C19H13ClN4O/c20-16-3-1-2-4-17(16)23-15-9-10-22-18(11-15)19(25)24-14-7-5-13(12-21)6-8-14/h1-11H,(H,22,23)(H,24,25). The van der Waals surface area contributed by atoms with Crippen molar-refractivity contribution in [1.29, 1.82) is 5.26 Å². The van der Waals surface area contributed by atoms with E-state index in [0.29, 0.717) is 22.0 Å². The summed E-state index contributed by atoms with van der Waals surface area (Å²) in [5, 5.41) is 15.3. The van der Waals surface area contributed by atoms with Crippen LogP contribution in [0.25, 0.3) is 0 Å². The number of hydrogen-bond donors (Lipinski definition) is 2. The third-order valence-electron chi connectivity index (χ3n) is 3.42. The highest BCUT2D eigenvalue weighted by Crippen LogP contribution is 2.25. The Balaban J connectivity index is 1.75. The van der Waals surface area contributed by atoms with Crippen LogP contribution in [0.3, 0.4) is 0 Å². The number of benzene rings is 2. The first-order chi connectivity index (χ1) is 12.2. The Morgan fingerprint density at radius 1 is 1.04 bits per heavy atom. The largest absolute Gasteiger partial charge is 0.354 e. The number of hydrogen-bond acceptors (Lipinski definition) is 4. The molecular weight excluding hydrogens is 336 g/mol. The molecule has 1 heterocycles. The summed E-state index contributed by atoms with van der Waals surface area (Å²) >= 11 is 6.13. The van der Waals surface area contributed by atoms with Gasteiger partial charge in [0.25, 0.3) is 5.91 Å². The molecule has 0 saturated carbocycles. The van der Waals surface area contributed by atoms with Gasteiger partial charge in [0.05, 0.1) is 22.3 Å². The van der Waals surface area contributed by atoms with Gasteiger partial charge >= 0.3 is 0 Å². The van der Waals surface area contributed by atoms with E-state index in [0.717, 1.165) is 5.69 Å². The number of amides is 1. The zero-order chi connectivity index (χ0) is 17.6. The number of aromatic nitrogens is 1. The summed E-state index contributed by atoms with van der Waals surface area (Å²) in [5.74, 6) is -0.340. The number of nitriles is 1. The Hall–Kier alpha value is -3.36. The van der Waals surface area contributed by atoms with Gasteiger partial charge in [-0.15, -0.1) is 0 Å². The maximum absolute atomic E-state index is 12.3. The maximum atomic E-state index is 12.3. The lowest BCUT2D eigenvalue weighted by Gasteiger charge is -2.09. The van der Waals surface area contributed by atoms with E-state index in [1.807, 2.05) is 24.3 Å². The molecule has 25 heavy (non-hydrogen) atoms. The van der Waals surface area contributed by atoms with Gasteiger partial charge in [0.1, 0.15) is 5.69 Å². The third kappa shape index (κ3) is 4.14. The van der Waals surface area contributed by atoms with Crippen molar-refractivity contribution in [2.45, 2.75) is 0 Å². The second-order valence-corrected chi connectivity index (χ2v) is 5.59. The predicted octanol–water partition coefficient (Wildman–Crippen LogP) is 4.60. The molecule has 0 aliphatic heterocycles. The Bertz CT molecular complexity index is 948. The number of pyridine rings is 1. The number of carbonyl (C=O) groups is 1. The number of rotatable bonds is 4. The maximum Gasteiger partial charge on any atom is 0.274 e. The summed E-state index contributed by atoms with van der Waals surface area (Å²) in [6.45, 7) is 0. The lowest BCUT2D eigenvalue weighted by Crippen LogP contribution is -2.13. The zero-order valence-corrected chi connectivity index (χ0v) is 13.8. The van der Waals surface area contributed by atoms with Gasteiger partial charge in [-0.3, -0.25) is 9.78 Å². The van der Waals surface area contributed by atoms with Gasteiger partial charge in [-0.1, -0.05) is 23.7 Å². The summed E-state index contributed by atoms with van der Waals surface area (Å²) in [6, 6.07) is 19.4. The molecule has 122 valence electrons. The van der Waals surface area contributed by atoms with Gasteiger partial charge in [-0.05, 0) is 48.5 Å². The molecule has 0 aliphatic rings. The van der Waals surface area contributed by atoms with Crippen LogP contribution in [0, 0.1) is 11.3 Å².